The van der Waals surface area contributed by atoms with Gasteiger partial charge in [-0.2, -0.15) is 0 Å². The monoisotopic (exact) mass is 275 g/mol. The lowest BCUT2D eigenvalue weighted by Crippen LogP contribution is -2.10. The van der Waals surface area contributed by atoms with Crippen molar-refractivity contribution in [3.8, 4) is 5.75 Å². The molecule has 2 N–H and O–H groups in total. The standard InChI is InChI=1S/C16H25N3O/c1-3-5-10-19-15-7-6-13(20-11-4-2)12-14(15)18-16(19)8-9-17/h6-7,12H,3-5,8-11,17H2,1-2H3. The maximum absolute atomic E-state index is 5.70. The summed E-state index contributed by atoms with van der Waals surface area (Å²) in [6.07, 6.45) is 4.18. The summed E-state index contributed by atoms with van der Waals surface area (Å²) in [7, 11) is 0. The number of fused-ring (bicyclic) bond motifs is 1. The first-order chi connectivity index (χ1) is 9.80. The van der Waals surface area contributed by atoms with Crippen LogP contribution in [0, 0.1) is 0 Å². The van der Waals surface area contributed by atoms with Crippen LogP contribution in [0.5, 0.6) is 5.75 Å². The summed E-state index contributed by atoms with van der Waals surface area (Å²) in [5.41, 5.74) is 7.90. The van der Waals surface area contributed by atoms with Crippen molar-refractivity contribution < 1.29 is 4.74 Å². The average Bonchev–Trinajstić information content (AvgIpc) is 2.80. The Morgan fingerprint density at radius 3 is 2.80 bits per heavy atom. The van der Waals surface area contributed by atoms with Crippen molar-refractivity contribution in [2.75, 3.05) is 13.2 Å². The number of imidazole rings is 1. The van der Waals surface area contributed by atoms with E-state index in [1.165, 1.54) is 11.9 Å². The summed E-state index contributed by atoms with van der Waals surface area (Å²) in [6, 6.07) is 6.19. The predicted molar refractivity (Wildman–Crippen MR) is 83.2 cm³/mol. The van der Waals surface area contributed by atoms with E-state index in [1.807, 2.05) is 12.1 Å². The van der Waals surface area contributed by atoms with Gasteiger partial charge >= 0.3 is 0 Å². The van der Waals surface area contributed by atoms with Crippen LogP contribution in [-0.4, -0.2) is 22.7 Å². The first kappa shape index (κ1) is 14.9. The van der Waals surface area contributed by atoms with Gasteiger partial charge in [0.05, 0.1) is 17.6 Å². The number of hydrogen-bond acceptors (Lipinski definition) is 3. The molecule has 0 atom stereocenters. The molecule has 0 fully saturated rings. The van der Waals surface area contributed by atoms with Crippen LogP contribution < -0.4 is 10.5 Å². The van der Waals surface area contributed by atoms with E-state index >= 15 is 0 Å². The number of rotatable bonds is 8. The van der Waals surface area contributed by atoms with Crippen LogP contribution >= 0.6 is 0 Å². The third-order valence-electron chi connectivity index (χ3n) is 3.37. The molecule has 2 rings (SSSR count). The Labute approximate surface area is 120 Å². The van der Waals surface area contributed by atoms with Gasteiger partial charge < -0.3 is 15.0 Å². The summed E-state index contributed by atoms with van der Waals surface area (Å²) in [6.45, 7) is 6.71. The fourth-order valence-corrected chi connectivity index (χ4v) is 2.35. The van der Waals surface area contributed by atoms with Gasteiger partial charge in [0.1, 0.15) is 11.6 Å². The highest BCUT2D eigenvalue weighted by molar-refractivity contribution is 5.77. The molecule has 1 aromatic carbocycles. The summed E-state index contributed by atoms with van der Waals surface area (Å²) in [5.74, 6) is 1.99. The van der Waals surface area contributed by atoms with Gasteiger partial charge in [0, 0.05) is 19.0 Å². The summed E-state index contributed by atoms with van der Waals surface area (Å²) in [5, 5.41) is 0. The zero-order chi connectivity index (χ0) is 14.4. The molecule has 110 valence electrons. The molecule has 4 heteroatoms. The maximum atomic E-state index is 5.70. The summed E-state index contributed by atoms with van der Waals surface area (Å²) < 4.78 is 7.98. The van der Waals surface area contributed by atoms with Crippen molar-refractivity contribution in [2.45, 2.75) is 46.1 Å². The Balaban J connectivity index is 2.33. The van der Waals surface area contributed by atoms with Crippen molar-refractivity contribution in [1.82, 2.24) is 9.55 Å². The topological polar surface area (TPSA) is 53.1 Å². The molecule has 0 saturated heterocycles. The molecule has 4 nitrogen and oxygen atoms in total. The molecular formula is C16H25N3O. The molecule has 0 bridgehead atoms. The van der Waals surface area contributed by atoms with Crippen LogP contribution in [0.3, 0.4) is 0 Å². The van der Waals surface area contributed by atoms with Crippen molar-refractivity contribution >= 4 is 11.0 Å². The van der Waals surface area contributed by atoms with Crippen LogP contribution in [0.1, 0.15) is 38.9 Å². The quantitative estimate of drug-likeness (QED) is 0.805. The van der Waals surface area contributed by atoms with E-state index in [0.29, 0.717) is 6.54 Å². The molecule has 0 amide bonds. The predicted octanol–water partition coefficient (Wildman–Crippen LogP) is 3.13. The Hall–Kier alpha value is -1.55. The van der Waals surface area contributed by atoms with E-state index in [1.54, 1.807) is 0 Å². The van der Waals surface area contributed by atoms with Gasteiger partial charge in [0.15, 0.2) is 0 Å². The van der Waals surface area contributed by atoms with Crippen LogP contribution in [-0.2, 0) is 13.0 Å². The second kappa shape index (κ2) is 7.29. The number of hydrogen-bond donors (Lipinski definition) is 1. The highest BCUT2D eigenvalue weighted by Gasteiger charge is 2.10. The van der Waals surface area contributed by atoms with Gasteiger partial charge in [0.25, 0.3) is 0 Å². The molecule has 0 aliphatic carbocycles. The number of ether oxygens (including phenoxy) is 1. The van der Waals surface area contributed by atoms with Crippen molar-refractivity contribution in [3.05, 3.63) is 24.0 Å². The molecule has 0 aliphatic rings. The number of aromatic nitrogens is 2. The number of aryl methyl sites for hydroxylation is 1. The van der Waals surface area contributed by atoms with Gasteiger partial charge in [-0.1, -0.05) is 20.3 Å². The minimum Gasteiger partial charge on any atom is -0.494 e. The number of nitrogens with two attached hydrogens (primary N) is 1. The minimum absolute atomic E-state index is 0.634. The van der Waals surface area contributed by atoms with E-state index in [0.717, 1.165) is 49.5 Å². The molecular weight excluding hydrogens is 250 g/mol. The molecule has 0 radical (unpaired) electrons. The third-order valence-corrected chi connectivity index (χ3v) is 3.37. The van der Waals surface area contributed by atoms with Gasteiger partial charge in [0.2, 0.25) is 0 Å². The molecule has 0 saturated carbocycles. The lowest BCUT2D eigenvalue weighted by Gasteiger charge is -2.08. The highest BCUT2D eigenvalue weighted by atomic mass is 16.5. The maximum Gasteiger partial charge on any atom is 0.121 e. The second-order valence-corrected chi connectivity index (χ2v) is 5.07. The minimum atomic E-state index is 0.634. The molecule has 1 heterocycles. The van der Waals surface area contributed by atoms with Gasteiger partial charge in [-0.15, -0.1) is 0 Å². The summed E-state index contributed by atoms with van der Waals surface area (Å²) >= 11 is 0. The largest absolute Gasteiger partial charge is 0.494 e. The first-order valence-corrected chi connectivity index (χ1v) is 7.62. The van der Waals surface area contributed by atoms with Crippen molar-refractivity contribution in [2.24, 2.45) is 5.73 Å². The SMILES string of the molecule is CCCCn1c(CCN)nc2cc(OCCC)ccc21. The van der Waals surface area contributed by atoms with Crippen LogP contribution in [0.4, 0.5) is 0 Å². The lowest BCUT2D eigenvalue weighted by atomic mass is 10.2. The Bertz CT molecular complexity index is 548. The Kier molecular flexibility index (Phi) is 5.41. The number of nitrogens with zero attached hydrogens (tertiary/aromatic N) is 2. The molecule has 0 unspecified atom stereocenters. The van der Waals surface area contributed by atoms with Gasteiger partial charge in [-0.3, -0.25) is 0 Å². The molecule has 20 heavy (non-hydrogen) atoms. The Morgan fingerprint density at radius 1 is 1.25 bits per heavy atom. The van der Waals surface area contributed by atoms with E-state index < -0.39 is 0 Å². The van der Waals surface area contributed by atoms with Crippen molar-refractivity contribution in [1.29, 1.82) is 0 Å². The normalized spacial score (nSPS) is 11.2. The van der Waals surface area contributed by atoms with Crippen LogP contribution in [0.15, 0.2) is 18.2 Å². The average molecular weight is 275 g/mol. The second-order valence-electron chi connectivity index (χ2n) is 5.07. The first-order valence-electron chi connectivity index (χ1n) is 7.62. The molecule has 0 aliphatic heterocycles. The Morgan fingerprint density at radius 2 is 2.10 bits per heavy atom. The highest BCUT2D eigenvalue weighted by Crippen LogP contribution is 2.23. The molecule has 1 aromatic heterocycles. The van der Waals surface area contributed by atoms with Crippen molar-refractivity contribution in [3.63, 3.8) is 0 Å². The molecule has 2 aromatic rings. The smallest absolute Gasteiger partial charge is 0.121 e. The van der Waals surface area contributed by atoms with E-state index in [4.69, 9.17) is 15.5 Å². The van der Waals surface area contributed by atoms with Gasteiger partial charge in [-0.25, -0.2) is 4.98 Å². The zero-order valence-corrected chi connectivity index (χ0v) is 12.6. The summed E-state index contributed by atoms with van der Waals surface area (Å²) in [4.78, 5) is 4.73. The zero-order valence-electron chi connectivity index (χ0n) is 12.6. The van der Waals surface area contributed by atoms with Crippen LogP contribution in [0.25, 0.3) is 11.0 Å². The fraction of sp³-hybridized carbons (Fsp3) is 0.562. The fourth-order valence-electron chi connectivity index (χ4n) is 2.35. The third kappa shape index (κ3) is 3.31. The number of unbranched alkanes of at least 4 members (excludes halogenated alkanes) is 1. The number of benzene rings is 1. The van der Waals surface area contributed by atoms with E-state index in [9.17, 15) is 0 Å². The van der Waals surface area contributed by atoms with E-state index in [-0.39, 0.29) is 0 Å². The van der Waals surface area contributed by atoms with Gasteiger partial charge in [-0.05, 0) is 31.5 Å². The lowest BCUT2D eigenvalue weighted by molar-refractivity contribution is 0.318. The van der Waals surface area contributed by atoms with Crippen LogP contribution in [0.2, 0.25) is 0 Å². The van der Waals surface area contributed by atoms with E-state index in [2.05, 4.69) is 24.5 Å². The molecule has 0 spiro atoms.